The quantitative estimate of drug-likeness (QED) is 0.602. The van der Waals surface area contributed by atoms with Crippen molar-refractivity contribution in [2.24, 2.45) is 0 Å². The minimum Gasteiger partial charge on any atom is -0.497 e. The van der Waals surface area contributed by atoms with Gasteiger partial charge in [-0.25, -0.2) is 4.79 Å². The van der Waals surface area contributed by atoms with Crippen LogP contribution in [-0.2, 0) is 20.9 Å². The van der Waals surface area contributed by atoms with Crippen molar-refractivity contribution >= 4 is 23.5 Å². The maximum Gasteiger partial charge on any atom is 0.331 e. The van der Waals surface area contributed by atoms with Crippen molar-refractivity contribution in [1.82, 2.24) is 4.90 Å². The SMILES string of the molecule is CC.COC(=O)[C@H](CO)N(Cc1ccc(OC)cc1)C(=O)CCl. The van der Waals surface area contributed by atoms with Crippen molar-refractivity contribution in [3.05, 3.63) is 29.8 Å². The van der Waals surface area contributed by atoms with E-state index in [2.05, 4.69) is 4.74 Å². The van der Waals surface area contributed by atoms with Crippen LogP contribution >= 0.6 is 11.6 Å². The van der Waals surface area contributed by atoms with E-state index in [1.165, 1.54) is 12.0 Å². The Kier molecular flexibility index (Phi) is 10.8. The zero-order valence-electron chi connectivity index (χ0n) is 13.9. The Labute approximate surface area is 141 Å². The Balaban J connectivity index is 0.00000232. The largest absolute Gasteiger partial charge is 0.497 e. The molecule has 23 heavy (non-hydrogen) atoms. The number of amides is 1. The summed E-state index contributed by atoms with van der Waals surface area (Å²) in [6.07, 6.45) is 0. The highest BCUT2D eigenvalue weighted by molar-refractivity contribution is 6.27. The molecule has 0 aliphatic heterocycles. The number of aliphatic hydroxyl groups excluding tert-OH is 1. The summed E-state index contributed by atoms with van der Waals surface area (Å²) in [6.45, 7) is 3.60. The molecule has 0 bridgehead atoms. The highest BCUT2D eigenvalue weighted by Crippen LogP contribution is 2.15. The molecule has 1 aromatic carbocycles. The number of rotatable bonds is 7. The number of nitrogens with zero attached hydrogens (tertiary/aromatic N) is 1. The molecule has 1 aromatic rings. The Morgan fingerprint density at radius 3 is 2.17 bits per heavy atom. The fraction of sp³-hybridized carbons (Fsp3) is 0.500. The smallest absolute Gasteiger partial charge is 0.331 e. The third-order valence-corrected chi connectivity index (χ3v) is 3.20. The van der Waals surface area contributed by atoms with Gasteiger partial charge in [-0.05, 0) is 17.7 Å². The average Bonchev–Trinajstić information content (AvgIpc) is 2.62. The summed E-state index contributed by atoms with van der Waals surface area (Å²) in [5.41, 5.74) is 0.775. The van der Waals surface area contributed by atoms with Crippen LogP contribution in [0.15, 0.2) is 24.3 Å². The first kappa shape index (κ1) is 21.2. The minimum atomic E-state index is -1.08. The number of alkyl halides is 1. The van der Waals surface area contributed by atoms with Gasteiger partial charge in [0.1, 0.15) is 11.6 Å². The van der Waals surface area contributed by atoms with E-state index in [9.17, 15) is 14.7 Å². The van der Waals surface area contributed by atoms with E-state index in [1.807, 2.05) is 13.8 Å². The molecule has 1 amide bonds. The fourth-order valence-corrected chi connectivity index (χ4v) is 1.97. The molecular weight excluding hydrogens is 322 g/mol. The van der Waals surface area contributed by atoms with Gasteiger partial charge in [-0.15, -0.1) is 11.6 Å². The first-order valence-electron chi connectivity index (χ1n) is 7.24. The van der Waals surface area contributed by atoms with Crippen LogP contribution < -0.4 is 4.74 Å². The number of ether oxygens (including phenoxy) is 2. The van der Waals surface area contributed by atoms with Crippen LogP contribution in [0.4, 0.5) is 0 Å². The van der Waals surface area contributed by atoms with E-state index in [-0.39, 0.29) is 12.4 Å². The highest BCUT2D eigenvalue weighted by atomic mass is 35.5. The fourth-order valence-electron chi connectivity index (χ4n) is 1.81. The molecule has 1 N–H and O–H groups in total. The molecule has 0 aliphatic rings. The molecule has 0 unspecified atom stereocenters. The van der Waals surface area contributed by atoms with Crippen LogP contribution in [0.2, 0.25) is 0 Å². The maximum absolute atomic E-state index is 11.9. The average molecular weight is 346 g/mol. The Morgan fingerprint density at radius 1 is 1.22 bits per heavy atom. The van der Waals surface area contributed by atoms with Gasteiger partial charge < -0.3 is 19.5 Å². The number of halogens is 1. The molecule has 0 saturated carbocycles. The van der Waals surface area contributed by atoms with Crippen molar-refractivity contribution in [1.29, 1.82) is 0 Å². The lowest BCUT2D eigenvalue weighted by Crippen LogP contribution is -2.47. The Hall–Kier alpha value is -1.79. The summed E-state index contributed by atoms with van der Waals surface area (Å²) >= 11 is 5.56. The summed E-state index contributed by atoms with van der Waals surface area (Å²) in [5, 5.41) is 9.34. The molecule has 0 aromatic heterocycles. The first-order valence-corrected chi connectivity index (χ1v) is 7.77. The molecule has 0 heterocycles. The van der Waals surface area contributed by atoms with Crippen molar-refractivity contribution in [2.75, 3.05) is 26.7 Å². The molecule has 6 nitrogen and oxygen atoms in total. The van der Waals surface area contributed by atoms with Crippen molar-refractivity contribution in [2.45, 2.75) is 26.4 Å². The number of methoxy groups -OCH3 is 2. The zero-order chi connectivity index (χ0) is 17.8. The second-order valence-electron chi connectivity index (χ2n) is 4.22. The van der Waals surface area contributed by atoms with Gasteiger partial charge in [0, 0.05) is 6.54 Å². The summed E-state index contributed by atoms with van der Waals surface area (Å²) in [5.74, 6) is -0.758. The summed E-state index contributed by atoms with van der Waals surface area (Å²) in [6, 6.07) is 5.93. The molecule has 1 rings (SSSR count). The third kappa shape index (κ3) is 6.46. The number of carbonyl (C=O) groups is 2. The van der Waals surface area contributed by atoms with Gasteiger partial charge in [0.25, 0.3) is 0 Å². The van der Waals surface area contributed by atoms with Gasteiger partial charge in [-0.3, -0.25) is 4.79 Å². The van der Waals surface area contributed by atoms with E-state index in [0.717, 1.165) is 5.56 Å². The van der Waals surface area contributed by atoms with Gasteiger partial charge in [-0.1, -0.05) is 26.0 Å². The van der Waals surface area contributed by atoms with Crippen molar-refractivity contribution in [3.63, 3.8) is 0 Å². The van der Waals surface area contributed by atoms with Crippen LogP contribution in [0.25, 0.3) is 0 Å². The standard InChI is InChI=1S/C14H18ClNO5.C2H6/c1-20-11-5-3-10(4-6-11)8-16(13(18)7-15)12(9-17)14(19)21-2;1-2/h3-6,12,17H,7-9H2,1-2H3;1-2H3/t12-;/m0./s1. The molecule has 0 spiro atoms. The third-order valence-electron chi connectivity index (χ3n) is 2.97. The van der Waals surface area contributed by atoms with E-state index in [4.69, 9.17) is 16.3 Å². The number of esters is 1. The Bertz CT molecular complexity index is 478. The van der Waals surface area contributed by atoms with Crippen LogP contribution in [0, 0.1) is 0 Å². The topological polar surface area (TPSA) is 76.1 Å². The zero-order valence-corrected chi connectivity index (χ0v) is 14.7. The van der Waals surface area contributed by atoms with E-state index >= 15 is 0 Å². The van der Waals surface area contributed by atoms with E-state index in [1.54, 1.807) is 31.4 Å². The van der Waals surface area contributed by atoms with Crippen molar-refractivity contribution < 1.29 is 24.2 Å². The van der Waals surface area contributed by atoms with Gasteiger partial charge in [0.15, 0.2) is 6.04 Å². The molecule has 0 fully saturated rings. The summed E-state index contributed by atoms with van der Waals surface area (Å²) < 4.78 is 9.65. The minimum absolute atomic E-state index is 0.135. The van der Waals surface area contributed by atoms with Crippen LogP contribution in [-0.4, -0.2) is 54.6 Å². The number of hydrogen-bond acceptors (Lipinski definition) is 5. The van der Waals surface area contributed by atoms with Gasteiger partial charge in [0.2, 0.25) is 5.91 Å². The lowest BCUT2D eigenvalue weighted by Gasteiger charge is -2.28. The van der Waals surface area contributed by atoms with Crippen LogP contribution in [0.5, 0.6) is 5.75 Å². The molecule has 7 heteroatoms. The van der Waals surface area contributed by atoms with Gasteiger partial charge in [-0.2, -0.15) is 0 Å². The molecule has 0 radical (unpaired) electrons. The molecule has 1 atom stereocenters. The lowest BCUT2D eigenvalue weighted by atomic mass is 10.1. The predicted molar refractivity (Wildman–Crippen MR) is 88.5 cm³/mol. The highest BCUT2D eigenvalue weighted by Gasteiger charge is 2.29. The predicted octanol–water partition coefficient (Wildman–Crippen LogP) is 1.82. The van der Waals surface area contributed by atoms with E-state index < -0.39 is 24.5 Å². The number of aliphatic hydroxyl groups is 1. The second-order valence-corrected chi connectivity index (χ2v) is 4.49. The van der Waals surface area contributed by atoms with Crippen molar-refractivity contribution in [3.8, 4) is 5.75 Å². The molecule has 130 valence electrons. The maximum atomic E-state index is 11.9. The lowest BCUT2D eigenvalue weighted by molar-refractivity contribution is -0.154. The molecular formula is C16H24ClNO5. The molecule has 0 saturated heterocycles. The van der Waals surface area contributed by atoms with Gasteiger partial charge >= 0.3 is 5.97 Å². The number of benzene rings is 1. The van der Waals surface area contributed by atoms with Gasteiger partial charge in [0.05, 0.1) is 20.8 Å². The Morgan fingerprint density at radius 2 is 1.78 bits per heavy atom. The van der Waals surface area contributed by atoms with E-state index in [0.29, 0.717) is 5.75 Å². The second kappa shape index (κ2) is 11.7. The van der Waals surface area contributed by atoms with Crippen LogP contribution in [0.3, 0.4) is 0 Å². The first-order chi connectivity index (χ1) is 11.1. The number of hydrogen-bond donors (Lipinski definition) is 1. The summed E-state index contributed by atoms with van der Waals surface area (Å²) in [7, 11) is 2.75. The van der Waals surface area contributed by atoms with Crippen LogP contribution in [0.1, 0.15) is 19.4 Å². The normalized spacial score (nSPS) is 10.9. The monoisotopic (exact) mass is 345 g/mol. The molecule has 0 aliphatic carbocycles. The number of carbonyl (C=O) groups excluding carboxylic acids is 2. The summed E-state index contributed by atoms with van der Waals surface area (Å²) in [4.78, 5) is 24.8.